The van der Waals surface area contributed by atoms with Crippen LogP contribution in [0.5, 0.6) is 0 Å². The molecule has 1 N–H and O–H groups in total. The first kappa shape index (κ1) is 7.67. The zero-order valence-corrected chi connectivity index (χ0v) is 7.64. The molecule has 14 heavy (non-hydrogen) atoms. The highest BCUT2D eigenvalue weighted by molar-refractivity contribution is 5.54. The highest BCUT2D eigenvalue weighted by Gasteiger charge is 2.23. The van der Waals surface area contributed by atoms with Crippen LogP contribution in [0.4, 0.5) is 0 Å². The van der Waals surface area contributed by atoms with Crippen LogP contribution >= 0.6 is 0 Å². The summed E-state index contributed by atoms with van der Waals surface area (Å²) in [6.07, 6.45) is 2.67. The predicted molar refractivity (Wildman–Crippen MR) is 51.6 cm³/mol. The Morgan fingerprint density at radius 3 is 2.50 bits per heavy atom. The molecule has 0 unspecified atom stereocenters. The molecule has 0 atom stereocenters. The molecule has 1 saturated carbocycles. The Balaban J connectivity index is 1.93. The lowest BCUT2D eigenvalue weighted by Gasteiger charge is -1.98. The first-order valence-electron chi connectivity index (χ1n) is 4.77. The summed E-state index contributed by atoms with van der Waals surface area (Å²) in [5, 5.41) is 13.8. The van der Waals surface area contributed by atoms with Crippen LogP contribution in [0.15, 0.2) is 24.3 Å². The Hall–Kier alpha value is -1.71. The van der Waals surface area contributed by atoms with Crippen molar-refractivity contribution in [2.45, 2.75) is 18.8 Å². The van der Waals surface area contributed by atoms with E-state index in [9.17, 15) is 0 Å². The maximum atomic E-state index is 3.93. The van der Waals surface area contributed by atoms with E-state index in [1.165, 1.54) is 18.4 Å². The van der Waals surface area contributed by atoms with Crippen LogP contribution in [-0.4, -0.2) is 20.6 Å². The minimum atomic E-state index is 0.660. The molecule has 0 amide bonds. The number of nitrogens with one attached hydrogen (secondary N) is 1. The molecule has 2 aromatic rings. The van der Waals surface area contributed by atoms with Gasteiger partial charge in [0.1, 0.15) is 0 Å². The lowest BCUT2D eigenvalue weighted by atomic mass is 10.1. The lowest BCUT2D eigenvalue weighted by Crippen LogP contribution is -1.83. The molecular weight excluding hydrogens is 176 g/mol. The molecule has 1 aliphatic carbocycles. The van der Waals surface area contributed by atoms with E-state index < -0.39 is 0 Å². The number of nitrogens with zero attached hydrogens (tertiary/aromatic N) is 3. The van der Waals surface area contributed by atoms with Crippen LogP contribution in [-0.2, 0) is 0 Å². The molecule has 0 bridgehead atoms. The molecule has 1 aliphatic rings. The van der Waals surface area contributed by atoms with Gasteiger partial charge in [0.2, 0.25) is 5.82 Å². The Bertz CT molecular complexity index is 414. The van der Waals surface area contributed by atoms with Crippen molar-refractivity contribution in [3.8, 4) is 11.4 Å². The monoisotopic (exact) mass is 186 g/mol. The molecule has 1 aromatic carbocycles. The number of aromatic nitrogens is 4. The number of hydrogen-bond acceptors (Lipinski definition) is 3. The lowest BCUT2D eigenvalue weighted by molar-refractivity contribution is 0.881. The van der Waals surface area contributed by atoms with Crippen molar-refractivity contribution < 1.29 is 0 Å². The number of hydrogen-bond donors (Lipinski definition) is 1. The van der Waals surface area contributed by atoms with Crippen molar-refractivity contribution >= 4 is 0 Å². The van der Waals surface area contributed by atoms with Gasteiger partial charge in [0.05, 0.1) is 0 Å². The fourth-order valence-electron chi connectivity index (χ4n) is 1.61. The van der Waals surface area contributed by atoms with Crippen LogP contribution in [0.25, 0.3) is 11.4 Å². The standard InChI is InChI=1S/C10H10N4/c1-2-7(1)8-3-5-9(6-4-8)10-11-13-14-12-10/h3-7H,1-2H2,(H,11,12,13,14). The number of benzene rings is 1. The average molecular weight is 186 g/mol. The summed E-state index contributed by atoms with van der Waals surface area (Å²) in [6.45, 7) is 0. The van der Waals surface area contributed by atoms with E-state index in [4.69, 9.17) is 0 Å². The maximum absolute atomic E-state index is 3.93. The van der Waals surface area contributed by atoms with E-state index in [0.29, 0.717) is 5.82 Å². The van der Waals surface area contributed by atoms with Crippen LogP contribution in [0.2, 0.25) is 0 Å². The fraction of sp³-hybridized carbons (Fsp3) is 0.300. The van der Waals surface area contributed by atoms with Gasteiger partial charge in [-0.05, 0) is 29.5 Å². The van der Waals surface area contributed by atoms with E-state index in [1.54, 1.807) is 0 Å². The van der Waals surface area contributed by atoms with Crippen LogP contribution in [0, 0.1) is 0 Å². The molecule has 0 aliphatic heterocycles. The zero-order valence-electron chi connectivity index (χ0n) is 7.64. The zero-order chi connectivity index (χ0) is 9.38. The summed E-state index contributed by atoms with van der Waals surface area (Å²) in [5.41, 5.74) is 2.44. The van der Waals surface area contributed by atoms with Crippen molar-refractivity contribution in [3.63, 3.8) is 0 Å². The van der Waals surface area contributed by atoms with Crippen LogP contribution < -0.4 is 0 Å². The Morgan fingerprint density at radius 2 is 1.93 bits per heavy atom. The molecule has 1 fully saturated rings. The Kier molecular flexibility index (Phi) is 1.59. The van der Waals surface area contributed by atoms with Crippen molar-refractivity contribution in [2.24, 2.45) is 0 Å². The van der Waals surface area contributed by atoms with Crippen LogP contribution in [0.1, 0.15) is 24.3 Å². The molecule has 3 rings (SSSR count). The molecule has 0 radical (unpaired) electrons. The van der Waals surface area contributed by atoms with Gasteiger partial charge in [0.25, 0.3) is 0 Å². The van der Waals surface area contributed by atoms with Crippen LogP contribution in [0.3, 0.4) is 0 Å². The largest absolute Gasteiger partial charge is 0.204 e. The van der Waals surface area contributed by atoms with Gasteiger partial charge >= 0.3 is 0 Å². The molecule has 0 spiro atoms. The van der Waals surface area contributed by atoms with Gasteiger partial charge in [-0.25, -0.2) is 0 Å². The summed E-state index contributed by atoms with van der Waals surface area (Å²) in [4.78, 5) is 0. The summed E-state index contributed by atoms with van der Waals surface area (Å²) in [6, 6.07) is 8.42. The first-order valence-corrected chi connectivity index (χ1v) is 4.77. The number of tetrazole rings is 1. The quantitative estimate of drug-likeness (QED) is 0.777. The second kappa shape index (κ2) is 2.90. The summed E-state index contributed by atoms with van der Waals surface area (Å²) in [5.74, 6) is 1.46. The Morgan fingerprint density at radius 1 is 1.14 bits per heavy atom. The smallest absolute Gasteiger partial charge is 0.177 e. The summed E-state index contributed by atoms with van der Waals surface area (Å²) in [7, 11) is 0. The third kappa shape index (κ3) is 1.28. The highest BCUT2D eigenvalue weighted by Crippen LogP contribution is 2.40. The number of H-pyrrole nitrogens is 1. The Labute approximate surface area is 81.4 Å². The van der Waals surface area contributed by atoms with E-state index in [1.807, 2.05) is 0 Å². The molecule has 4 nitrogen and oxygen atoms in total. The molecule has 4 heteroatoms. The molecule has 70 valence electrons. The van der Waals surface area contributed by atoms with Gasteiger partial charge in [-0.2, -0.15) is 5.21 Å². The van der Waals surface area contributed by atoms with E-state index in [0.717, 1.165) is 11.5 Å². The predicted octanol–water partition coefficient (Wildman–Crippen LogP) is 1.74. The number of rotatable bonds is 2. The van der Waals surface area contributed by atoms with Gasteiger partial charge in [-0.1, -0.05) is 24.3 Å². The minimum absolute atomic E-state index is 0.660. The van der Waals surface area contributed by atoms with E-state index in [2.05, 4.69) is 44.9 Å². The SMILES string of the molecule is c1cc(C2CC2)ccc1-c1nn[nH]n1. The minimum Gasteiger partial charge on any atom is -0.177 e. The van der Waals surface area contributed by atoms with Gasteiger partial charge in [0.15, 0.2) is 0 Å². The van der Waals surface area contributed by atoms with Gasteiger partial charge in [0, 0.05) is 5.56 Å². The second-order valence-electron chi connectivity index (χ2n) is 3.63. The normalized spacial score (nSPS) is 15.7. The first-order chi connectivity index (χ1) is 6.93. The fourth-order valence-corrected chi connectivity index (χ4v) is 1.61. The summed E-state index contributed by atoms with van der Waals surface area (Å²) >= 11 is 0. The topological polar surface area (TPSA) is 54.5 Å². The van der Waals surface area contributed by atoms with Crippen molar-refractivity contribution in [1.29, 1.82) is 0 Å². The third-order valence-corrected chi connectivity index (χ3v) is 2.56. The second-order valence-corrected chi connectivity index (χ2v) is 3.63. The van der Waals surface area contributed by atoms with Gasteiger partial charge in [-0.3, -0.25) is 0 Å². The summed E-state index contributed by atoms with van der Waals surface area (Å²) < 4.78 is 0. The van der Waals surface area contributed by atoms with Crippen molar-refractivity contribution in [2.75, 3.05) is 0 Å². The number of aromatic amines is 1. The highest BCUT2D eigenvalue weighted by atomic mass is 15.5. The molecular formula is C10H10N4. The van der Waals surface area contributed by atoms with Gasteiger partial charge in [-0.15, -0.1) is 10.2 Å². The van der Waals surface area contributed by atoms with Crippen molar-refractivity contribution in [3.05, 3.63) is 29.8 Å². The maximum Gasteiger partial charge on any atom is 0.204 e. The molecule has 0 saturated heterocycles. The third-order valence-electron chi connectivity index (χ3n) is 2.56. The van der Waals surface area contributed by atoms with Crippen molar-refractivity contribution in [1.82, 2.24) is 20.6 Å². The average Bonchev–Trinajstić information content (AvgIpc) is 2.94. The van der Waals surface area contributed by atoms with E-state index in [-0.39, 0.29) is 0 Å². The molecule has 1 heterocycles. The van der Waals surface area contributed by atoms with Gasteiger partial charge < -0.3 is 0 Å². The molecule has 1 aromatic heterocycles. The van der Waals surface area contributed by atoms with E-state index >= 15 is 0 Å².